The Morgan fingerprint density at radius 1 is 1.32 bits per heavy atom. The van der Waals surface area contributed by atoms with Crippen molar-refractivity contribution in [2.45, 2.75) is 18.9 Å². The van der Waals surface area contributed by atoms with Gasteiger partial charge in [0.15, 0.2) is 0 Å². The molecular weight excluding hydrogens is 241 g/mol. The summed E-state index contributed by atoms with van der Waals surface area (Å²) in [7, 11) is 2.20. The van der Waals surface area contributed by atoms with Gasteiger partial charge in [-0.3, -0.25) is 0 Å². The number of rotatable bonds is 6. The summed E-state index contributed by atoms with van der Waals surface area (Å²) in [5.74, 6) is -0.162. The minimum absolute atomic E-state index is 0.162. The first-order chi connectivity index (χ1) is 9.25. The number of hydrogen-bond acceptors (Lipinski definition) is 3. The molecule has 0 aromatic heterocycles. The van der Waals surface area contributed by atoms with Gasteiger partial charge in [-0.1, -0.05) is 12.1 Å². The third-order valence-electron chi connectivity index (χ3n) is 3.80. The minimum Gasteiger partial charge on any atom is -0.316 e. The van der Waals surface area contributed by atoms with Crippen molar-refractivity contribution in [2.24, 2.45) is 0 Å². The molecular formula is C15H24FN3. The molecule has 1 heterocycles. The second-order valence-corrected chi connectivity index (χ2v) is 5.25. The maximum absolute atomic E-state index is 12.7. The van der Waals surface area contributed by atoms with Gasteiger partial charge in [0.1, 0.15) is 5.82 Å². The third kappa shape index (κ3) is 4.90. The summed E-state index contributed by atoms with van der Waals surface area (Å²) in [5.41, 5.74) is 1.19. The van der Waals surface area contributed by atoms with E-state index in [0.717, 1.165) is 39.1 Å². The minimum atomic E-state index is -0.162. The third-order valence-corrected chi connectivity index (χ3v) is 3.80. The van der Waals surface area contributed by atoms with Crippen LogP contribution in [0.25, 0.3) is 0 Å². The van der Waals surface area contributed by atoms with E-state index in [2.05, 4.69) is 22.6 Å². The van der Waals surface area contributed by atoms with E-state index < -0.39 is 0 Å². The molecule has 1 aliphatic heterocycles. The fraction of sp³-hybridized carbons (Fsp3) is 0.600. The highest BCUT2D eigenvalue weighted by Crippen LogP contribution is 2.04. The molecule has 106 valence electrons. The molecule has 0 bridgehead atoms. The molecule has 1 aromatic carbocycles. The SMILES string of the molecule is CN1CCNCC1CCNCCc1ccc(F)cc1. The molecule has 1 aliphatic rings. The van der Waals surface area contributed by atoms with Crippen LogP contribution in [-0.2, 0) is 6.42 Å². The Labute approximate surface area is 115 Å². The number of likely N-dealkylation sites (N-methyl/N-ethyl adjacent to an activating group) is 1. The van der Waals surface area contributed by atoms with E-state index in [1.165, 1.54) is 24.1 Å². The highest BCUT2D eigenvalue weighted by atomic mass is 19.1. The van der Waals surface area contributed by atoms with Crippen LogP contribution in [-0.4, -0.2) is 50.7 Å². The summed E-state index contributed by atoms with van der Waals surface area (Å²) in [6.07, 6.45) is 2.13. The van der Waals surface area contributed by atoms with Gasteiger partial charge < -0.3 is 15.5 Å². The van der Waals surface area contributed by atoms with Gasteiger partial charge in [-0.25, -0.2) is 4.39 Å². The van der Waals surface area contributed by atoms with Crippen LogP contribution in [0.4, 0.5) is 4.39 Å². The van der Waals surface area contributed by atoms with Gasteiger partial charge in [-0.15, -0.1) is 0 Å². The lowest BCUT2D eigenvalue weighted by Crippen LogP contribution is -2.50. The normalized spacial score (nSPS) is 20.6. The Morgan fingerprint density at radius 3 is 2.84 bits per heavy atom. The molecule has 0 amide bonds. The maximum atomic E-state index is 12.7. The van der Waals surface area contributed by atoms with Gasteiger partial charge >= 0.3 is 0 Å². The molecule has 19 heavy (non-hydrogen) atoms. The Balaban J connectivity index is 1.58. The van der Waals surface area contributed by atoms with Crippen molar-refractivity contribution >= 4 is 0 Å². The average Bonchev–Trinajstić information content (AvgIpc) is 2.42. The van der Waals surface area contributed by atoms with Crippen LogP contribution in [0.15, 0.2) is 24.3 Å². The van der Waals surface area contributed by atoms with E-state index >= 15 is 0 Å². The maximum Gasteiger partial charge on any atom is 0.123 e. The molecule has 2 N–H and O–H groups in total. The first kappa shape index (κ1) is 14.4. The average molecular weight is 265 g/mol. The van der Waals surface area contributed by atoms with Crippen molar-refractivity contribution in [3.05, 3.63) is 35.6 Å². The van der Waals surface area contributed by atoms with Crippen LogP contribution >= 0.6 is 0 Å². The Bertz CT molecular complexity index is 366. The first-order valence-electron chi connectivity index (χ1n) is 7.12. The second-order valence-electron chi connectivity index (χ2n) is 5.25. The van der Waals surface area contributed by atoms with Gasteiger partial charge in [0.05, 0.1) is 0 Å². The number of nitrogens with one attached hydrogen (secondary N) is 2. The van der Waals surface area contributed by atoms with Crippen molar-refractivity contribution in [3.8, 4) is 0 Å². The number of nitrogens with zero attached hydrogens (tertiary/aromatic N) is 1. The summed E-state index contributed by atoms with van der Waals surface area (Å²) in [6.45, 7) is 5.33. The summed E-state index contributed by atoms with van der Waals surface area (Å²) in [6, 6.07) is 7.41. The van der Waals surface area contributed by atoms with Crippen LogP contribution in [0.1, 0.15) is 12.0 Å². The fourth-order valence-corrected chi connectivity index (χ4v) is 2.46. The zero-order valence-electron chi connectivity index (χ0n) is 11.7. The van der Waals surface area contributed by atoms with E-state index in [1.807, 2.05) is 12.1 Å². The molecule has 0 radical (unpaired) electrons. The summed E-state index contributed by atoms with van der Waals surface area (Å²) in [4.78, 5) is 2.43. The van der Waals surface area contributed by atoms with Crippen molar-refractivity contribution < 1.29 is 4.39 Å². The van der Waals surface area contributed by atoms with Crippen molar-refractivity contribution in [1.82, 2.24) is 15.5 Å². The standard InChI is InChI=1S/C15H24FN3/c1-19-11-10-18-12-15(19)7-9-17-8-6-13-2-4-14(16)5-3-13/h2-5,15,17-18H,6-12H2,1H3. The van der Waals surface area contributed by atoms with Crippen LogP contribution in [0.3, 0.4) is 0 Å². The lowest BCUT2D eigenvalue weighted by atomic mass is 10.1. The molecule has 1 atom stereocenters. The lowest BCUT2D eigenvalue weighted by molar-refractivity contribution is 0.190. The molecule has 0 spiro atoms. The Hall–Kier alpha value is -0.970. The van der Waals surface area contributed by atoms with Gasteiger partial charge in [-0.2, -0.15) is 0 Å². The van der Waals surface area contributed by atoms with E-state index in [0.29, 0.717) is 6.04 Å². The molecule has 2 rings (SSSR count). The highest BCUT2D eigenvalue weighted by molar-refractivity contribution is 5.16. The zero-order chi connectivity index (χ0) is 13.5. The number of hydrogen-bond donors (Lipinski definition) is 2. The zero-order valence-corrected chi connectivity index (χ0v) is 11.7. The lowest BCUT2D eigenvalue weighted by Gasteiger charge is -2.33. The van der Waals surface area contributed by atoms with Crippen LogP contribution in [0, 0.1) is 5.82 Å². The number of halogens is 1. The second kappa shape index (κ2) is 7.58. The van der Waals surface area contributed by atoms with E-state index in [4.69, 9.17) is 0 Å². The quantitative estimate of drug-likeness (QED) is 0.758. The van der Waals surface area contributed by atoms with Crippen molar-refractivity contribution in [1.29, 1.82) is 0 Å². The first-order valence-corrected chi connectivity index (χ1v) is 7.12. The van der Waals surface area contributed by atoms with Crippen molar-refractivity contribution in [3.63, 3.8) is 0 Å². The molecule has 1 unspecified atom stereocenters. The predicted octanol–water partition coefficient (Wildman–Crippen LogP) is 1.25. The molecule has 0 aliphatic carbocycles. The Morgan fingerprint density at radius 2 is 2.11 bits per heavy atom. The van der Waals surface area contributed by atoms with Crippen LogP contribution in [0.2, 0.25) is 0 Å². The van der Waals surface area contributed by atoms with Gasteiger partial charge in [0.2, 0.25) is 0 Å². The molecule has 4 heteroatoms. The van der Waals surface area contributed by atoms with Gasteiger partial charge in [0, 0.05) is 25.7 Å². The summed E-state index contributed by atoms with van der Waals surface area (Å²) >= 11 is 0. The van der Waals surface area contributed by atoms with Crippen LogP contribution < -0.4 is 10.6 Å². The van der Waals surface area contributed by atoms with Crippen molar-refractivity contribution in [2.75, 3.05) is 39.8 Å². The molecule has 1 fully saturated rings. The van der Waals surface area contributed by atoms with E-state index in [-0.39, 0.29) is 5.82 Å². The monoisotopic (exact) mass is 265 g/mol. The van der Waals surface area contributed by atoms with Gasteiger partial charge in [0.25, 0.3) is 0 Å². The smallest absolute Gasteiger partial charge is 0.123 e. The molecule has 1 saturated heterocycles. The summed E-state index contributed by atoms with van der Waals surface area (Å²) < 4.78 is 12.7. The molecule has 3 nitrogen and oxygen atoms in total. The topological polar surface area (TPSA) is 27.3 Å². The Kier molecular flexibility index (Phi) is 5.76. The predicted molar refractivity (Wildman–Crippen MR) is 76.9 cm³/mol. The van der Waals surface area contributed by atoms with Gasteiger partial charge in [-0.05, 0) is 50.7 Å². The fourth-order valence-electron chi connectivity index (χ4n) is 2.46. The largest absolute Gasteiger partial charge is 0.316 e. The molecule has 1 aromatic rings. The summed E-state index contributed by atoms with van der Waals surface area (Å²) in [5, 5.41) is 6.90. The highest BCUT2D eigenvalue weighted by Gasteiger charge is 2.17. The number of benzene rings is 1. The number of piperazine rings is 1. The molecule has 0 saturated carbocycles. The van der Waals surface area contributed by atoms with E-state index in [9.17, 15) is 4.39 Å². The van der Waals surface area contributed by atoms with E-state index in [1.54, 1.807) is 0 Å². The van der Waals surface area contributed by atoms with Crippen LogP contribution in [0.5, 0.6) is 0 Å².